The summed E-state index contributed by atoms with van der Waals surface area (Å²) >= 11 is 0. The van der Waals surface area contributed by atoms with Crippen LogP contribution in [-0.4, -0.2) is 16.5 Å². The van der Waals surface area contributed by atoms with Crippen molar-refractivity contribution in [1.29, 1.82) is 0 Å². The molecule has 0 atom stereocenters. The van der Waals surface area contributed by atoms with Crippen molar-refractivity contribution >= 4 is 5.82 Å². The molecule has 3 nitrogen and oxygen atoms in total. The van der Waals surface area contributed by atoms with Gasteiger partial charge in [-0.1, -0.05) is 30.7 Å². The molecule has 1 heterocycles. The highest BCUT2D eigenvalue weighted by atomic mass is 15.0. The van der Waals surface area contributed by atoms with Crippen LogP contribution in [0.4, 0.5) is 5.82 Å². The lowest BCUT2D eigenvalue weighted by molar-refractivity contribution is 0.965. The van der Waals surface area contributed by atoms with Crippen molar-refractivity contribution in [1.82, 2.24) is 9.97 Å². The Hall–Kier alpha value is -1.90. The highest BCUT2D eigenvalue weighted by Gasteiger charge is 2.05. The number of aromatic nitrogens is 2. The average Bonchev–Trinajstić information content (AvgIpc) is 2.36. The Morgan fingerprint density at radius 3 is 2.72 bits per heavy atom. The van der Waals surface area contributed by atoms with Crippen LogP contribution in [0.3, 0.4) is 0 Å². The molecule has 1 aromatic heterocycles. The molecule has 94 valence electrons. The van der Waals surface area contributed by atoms with Gasteiger partial charge in [-0.25, -0.2) is 4.98 Å². The van der Waals surface area contributed by atoms with Gasteiger partial charge in [0.15, 0.2) is 0 Å². The fourth-order valence-electron chi connectivity index (χ4n) is 1.93. The topological polar surface area (TPSA) is 37.8 Å². The van der Waals surface area contributed by atoms with Crippen LogP contribution in [0, 0.1) is 13.8 Å². The van der Waals surface area contributed by atoms with Gasteiger partial charge in [-0.05, 0) is 25.8 Å². The van der Waals surface area contributed by atoms with Gasteiger partial charge in [0.1, 0.15) is 5.82 Å². The van der Waals surface area contributed by atoms with E-state index in [1.807, 2.05) is 6.20 Å². The standard InChI is InChI=1S/C15H19N3/c1-4-7-17-15-10-16-9-14(18-15)13-6-5-11(2)8-12(13)3/h5-6,8-10H,4,7H2,1-3H3,(H,17,18). The van der Waals surface area contributed by atoms with Gasteiger partial charge in [-0.3, -0.25) is 4.98 Å². The fraction of sp³-hybridized carbons (Fsp3) is 0.333. The molecule has 18 heavy (non-hydrogen) atoms. The molecule has 0 unspecified atom stereocenters. The molecule has 2 aromatic rings. The summed E-state index contributed by atoms with van der Waals surface area (Å²) in [4.78, 5) is 8.85. The van der Waals surface area contributed by atoms with E-state index in [0.717, 1.165) is 30.0 Å². The molecule has 0 saturated heterocycles. The second kappa shape index (κ2) is 5.63. The third-order valence-electron chi connectivity index (χ3n) is 2.85. The maximum absolute atomic E-state index is 4.60. The molecule has 0 aliphatic heterocycles. The van der Waals surface area contributed by atoms with E-state index in [-0.39, 0.29) is 0 Å². The van der Waals surface area contributed by atoms with Crippen molar-refractivity contribution in [3.8, 4) is 11.3 Å². The maximum atomic E-state index is 4.60. The lowest BCUT2D eigenvalue weighted by atomic mass is 10.0. The molecule has 0 bridgehead atoms. The third-order valence-corrected chi connectivity index (χ3v) is 2.85. The predicted octanol–water partition coefficient (Wildman–Crippen LogP) is 3.58. The summed E-state index contributed by atoms with van der Waals surface area (Å²) in [5.74, 6) is 0.842. The summed E-state index contributed by atoms with van der Waals surface area (Å²) in [5.41, 5.74) is 4.57. The Labute approximate surface area is 108 Å². The minimum atomic E-state index is 0.842. The van der Waals surface area contributed by atoms with Gasteiger partial charge in [-0.2, -0.15) is 0 Å². The first-order valence-corrected chi connectivity index (χ1v) is 6.34. The van der Waals surface area contributed by atoms with Gasteiger partial charge in [0.2, 0.25) is 0 Å². The highest BCUT2D eigenvalue weighted by molar-refractivity contribution is 5.64. The lowest BCUT2D eigenvalue weighted by Gasteiger charge is -2.08. The SMILES string of the molecule is CCCNc1cncc(-c2ccc(C)cc2C)n1. The van der Waals surface area contributed by atoms with E-state index in [0.29, 0.717) is 0 Å². The zero-order valence-electron chi connectivity index (χ0n) is 11.2. The number of anilines is 1. The van der Waals surface area contributed by atoms with E-state index in [2.05, 4.69) is 54.3 Å². The Morgan fingerprint density at radius 1 is 1.17 bits per heavy atom. The Morgan fingerprint density at radius 2 is 2.00 bits per heavy atom. The summed E-state index contributed by atoms with van der Waals surface area (Å²) < 4.78 is 0. The Balaban J connectivity index is 2.32. The number of rotatable bonds is 4. The lowest BCUT2D eigenvalue weighted by Crippen LogP contribution is -2.03. The van der Waals surface area contributed by atoms with E-state index in [1.54, 1.807) is 6.20 Å². The number of nitrogens with one attached hydrogen (secondary N) is 1. The van der Waals surface area contributed by atoms with Crippen LogP contribution >= 0.6 is 0 Å². The van der Waals surface area contributed by atoms with Crippen LogP contribution in [0.25, 0.3) is 11.3 Å². The molecule has 0 amide bonds. The van der Waals surface area contributed by atoms with E-state index >= 15 is 0 Å². The van der Waals surface area contributed by atoms with Crippen molar-refractivity contribution < 1.29 is 0 Å². The van der Waals surface area contributed by atoms with Crippen molar-refractivity contribution in [2.45, 2.75) is 27.2 Å². The molecule has 0 spiro atoms. The smallest absolute Gasteiger partial charge is 0.145 e. The summed E-state index contributed by atoms with van der Waals surface area (Å²) in [6.07, 6.45) is 4.66. The van der Waals surface area contributed by atoms with Crippen LogP contribution in [0.5, 0.6) is 0 Å². The third kappa shape index (κ3) is 2.86. The van der Waals surface area contributed by atoms with Gasteiger partial charge < -0.3 is 5.32 Å². The van der Waals surface area contributed by atoms with Crippen LogP contribution in [0.15, 0.2) is 30.6 Å². The molecule has 3 heteroatoms. The number of aryl methyl sites for hydroxylation is 2. The van der Waals surface area contributed by atoms with Gasteiger partial charge >= 0.3 is 0 Å². The zero-order chi connectivity index (χ0) is 13.0. The van der Waals surface area contributed by atoms with Gasteiger partial charge in [0.05, 0.1) is 18.1 Å². The largest absolute Gasteiger partial charge is 0.369 e. The van der Waals surface area contributed by atoms with Crippen molar-refractivity contribution in [2.75, 3.05) is 11.9 Å². The van der Waals surface area contributed by atoms with E-state index < -0.39 is 0 Å². The van der Waals surface area contributed by atoms with E-state index in [4.69, 9.17) is 0 Å². The van der Waals surface area contributed by atoms with Crippen molar-refractivity contribution in [3.63, 3.8) is 0 Å². The van der Waals surface area contributed by atoms with Crippen LogP contribution < -0.4 is 5.32 Å². The quantitative estimate of drug-likeness (QED) is 0.889. The summed E-state index contributed by atoms with van der Waals surface area (Å²) in [6, 6.07) is 6.39. The Bertz CT molecular complexity index is 535. The summed E-state index contributed by atoms with van der Waals surface area (Å²) in [7, 11) is 0. The van der Waals surface area contributed by atoms with Crippen LogP contribution in [0.2, 0.25) is 0 Å². The number of benzene rings is 1. The highest BCUT2D eigenvalue weighted by Crippen LogP contribution is 2.22. The maximum Gasteiger partial charge on any atom is 0.145 e. The molecule has 0 fully saturated rings. The molecule has 0 aliphatic carbocycles. The van der Waals surface area contributed by atoms with E-state index in [1.165, 1.54) is 11.1 Å². The Kier molecular flexibility index (Phi) is 3.92. The first-order chi connectivity index (χ1) is 8.70. The number of hydrogen-bond donors (Lipinski definition) is 1. The fourth-order valence-corrected chi connectivity index (χ4v) is 1.93. The number of hydrogen-bond acceptors (Lipinski definition) is 3. The molecular weight excluding hydrogens is 222 g/mol. The van der Waals surface area contributed by atoms with Crippen LogP contribution in [0.1, 0.15) is 24.5 Å². The molecule has 1 N–H and O–H groups in total. The van der Waals surface area contributed by atoms with Gasteiger partial charge in [0.25, 0.3) is 0 Å². The minimum absolute atomic E-state index is 0.842. The average molecular weight is 241 g/mol. The first-order valence-electron chi connectivity index (χ1n) is 6.34. The second-order valence-electron chi connectivity index (χ2n) is 4.53. The monoisotopic (exact) mass is 241 g/mol. The summed E-state index contributed by atoms with van der Waals surface area (Å²) in [5, 5.41) is 3.26. The molecule has 2 rings (SSSR count). The predicted molar refractivity (Wildman–Crippen MR) is 75.7 cm³/mol. The van der Waals surface area contributed by atoms with Gasteiger partial charge in [0, 0.05) is 12.1 Å². The normalized spacial score (nSPS) is 10.4. The second-order valence-corrected chi connectivity index (χ2v) is 4.53. The van der Waals surface area contributed by atoms with Crippen molar-refractivity contribution in [2.24, 2.45) is 0 Å². The molecule has 0 saturated carbocycles. The van der Waals surface area contributed by atoms with Gasteiger partial charge in [-0.15, -0.1) is 0 Å². The van der Waals surface area contributed by atoms with Crippen molar-refractivity contribution in [3.05, 3.63) is 41.7 Å². The number of nitrogens with zero attached hydrogens (tertiary/aromatic N) is 2. The molecule has 0 aliphatic rings. The molecule has 1 aromatic carbocycles. The summed E-state index contributed by atoms with van der Waals surface area (Å²) in [6.45, 7) is 7.26. The molecular formula is C15H19N3. The van der Waals surface area contributed by atoms with E-state index in [9.17, 15) is 0 Å². The first kappa shape index (κ1) is 12.6. The molecule has 0 radical (unpaired) electrons. The minimum Gasteiger partial charge on any atom is -0.369 e. The van der Waals surface area contributed by atoms with Crippen LogP contribution in [-0.2, 0) is 0 Å². The zero-order valence-corrected chi connectivity index (χ0v) is 11.2.